The van der Waals surface area contributed by atoms with Gasteiger partial charge in [0, 0.05) is 0 Å². The Morgan fingerprint density at radius 3 is 1.95 bits per heavy atom. The molecule has 0 nitrogen and oxygen atoms in total. The van der Waals surface area contributed by atoms with Crippen LogP contribution in [0.4, 0.5) is 0 Å². The molecule has 2 fully saturated rings. The van der Waals surface area contributed by atoms with Gasteiger partial charge in [-0.05, 0) is 49.9 Å². The van der Waals surface area contributed by atoms with Crippen molar-refractivity contribution in [1.82, 2.24) is 0 Å². The Bertz CT molecular complexity index is 239. The van der Waals surface area contributed by atoms with Crippen LogP contribution in [0.2, 0.25) is 0 Å². The highest BCUT2D eigenvalue weighted by molar-refractivity contribution is 5.02. The van der Waals surface area contributed by atoms with Crippen molar-refractivity contribution in [3.63, 3.8) is 0 Å². The second-order valence-electron chi connectivity index (χ2n) is 6.78. The minimum Gasteiger partial charge on any atom is -0.0996 e. The van der Waals surface area contributed by atoms with E-state index >= 15 is 0 Å². The van der Waals surface area contributed by atoms with Crippen molar-refractivity contribution in [3.8, 4) is 0 Å². The number of hydrogen-bond donors (Lipinski definition) is 0. The Morgan fingerprint density at radius 1 is 0.947 bits per heavy atom. The summed E-state index contributed by atoms with van der Waals surface area (Å²) in [5.74, 6) is 0.860. The largest absolute Gasteiger partial charge is 0.0996 e. The van der Waals surface area contributed by atoms with E-state index < -0.39 is 0 Å². The summed E-state index contributed by atoms with van der Waals surface area (Å²) < 4.78 is 0. The van der Waals surface area contributed by atoms with Crippen LogP contribution < -0.4 is 0 Å². The maximum absolute atomic E-state index is 4.07. The molecule has 19 heavy (non-hydrogen) atoms. The van der Waals surface area contributed by atoms with Gasteiger partial charge in [0.1, 0.15) is 0 Å². The maximum Gasteiger partial charge on any atom is -0.0209 e. The molecule has 0 saturated heterocycles. The van der Waals surface area contributed by atoms with Crippen LogP contribution in [-0.4, -0.2) is 0 Å². The van der Waals surface area contributed by atoms with Crippen molar-refractivity contribution in [3.05, 3.63) is 12.2 Å². The SMILES string of the molecule is C=C1CCCCC1CC.CCC1(CC)CCCCC1. The Kier molecular flexibility index (Phi) is 7.80. The number of rotatable bonds is 3. The molecule has 0 heteroatoms. The Balaban J connectivity index is 0.000000191. The molecule has 0 aromatic carbocycles. The van der Waals surface area contributed by atoms with Gasteiger partial charge in [0.05, 0.1) is 0 Å². The fraction of sp³-hybridized carbons (Fsp3) is 0.895. The van der Waals surface area contributed by atoms with Gasteiger partial charge < -0.3 is 0 Å². The summed E-state index contributed by atoms with van der Waals surface area (Å²) in [4.78, 5) is 0. The van der Waals surface area contributed by atoms with E-state index in [-0.39, 0.29) is 0 Å². The van der Waals surface area contributed by atoms with Crippen LogP contribution in [0.25, 0.3) is 0 Å². The van der Waals surface area contributed by atoms with Gasteiger partial charge in [0.2, 0.25) is 0 Å². The third kappa shape index (κ3) is 5.32. The summed E-state index contributed by atoms with van der Waals surface area (Å²) in [6.45, 7) is 11.0. The fourth-order valence-corrected chi connectivity index (χ4v) is 3.90. The minimum atomic E-state index is 0.762. The predicted molar refractivity (Wildman–Crippen MR) is 87.5 cm³/mol. The quantitative estimate of drug-likeness (QED) is 0.486. The van der Waals surface area contributed by atoms with Crippen molar-refractivity contribution in [1.29, 1.82) is 0 Å². The first-order valence-electron chi connectivity index (χ1n) is 8.85. The average Bonchev–Trinajstić information content (AvgIpc) is 2.49. The molecule has 112 valence electrons. The fourth-order valence-electron chi connectivity index (χ4n) is 3.90. The Morgan fingerprint density at radius 2 is 1.58 bits per heavy atom. The lowest BCUT2D eigenvalue weighted by molar-refractivity contribution is 0.173. The highest BCUT2D eigenvalue weighted by Crippen LogP contribution is 2.41. The van der Waals surface area contributed by atoms with E-state index in [2.05, 4.69) is 27.4 Å². The zero-order chi connectivity index (χ0) is 14.1. The summed E-state index contributed by atoms with van der Waals surface area (Å²) in [6.07, 6.45) is 17.1. The molecule has 0 spiro atoms. The lowest BCUT2D eigenvalue weighted by atomic mass is 9.71. The third-order valence-corrected chi connectivity index (χ3v) is 5.78. The van der Waals surface area contributed by atoms with Crippen LogP contribution in [0.3, 0.4) is 0 Å². The van der Waals surface area contributed by atoms with Gasteiger partial charge in [-0.1, -0.05) is 71.4 Å². The van der Waals surface area contributed by atoms with Crippen molar-refractivity contribution < 1.29 is 0 Å². The lowest BCUT2D eigenvalue weighted by Crippen LogP contribution is -2.21. The lowest BCUT2D eigenvalue weighted by Gasteiger charge is -2.35. The Hall–Kier alpha value is -0.260. The molecule has 1 atom stereocenters. The van der Waals surface area contributed by atoms with E-state index in [1.807, 2.05) is 0 Å². The summed E-state index contributed by atoms with van der Waals surface area (Å²) in [6, 6.07) is 0. The molecule has 0 amide bonds. The highest BCUT2D eigenvalue weighted by atomic mass is 14.3. The van der Waals surface area contributed by atoms with Gasteiger partial charge in [0.15, 0.2) is 0 Å². The minimum absolute atomic E-state index is 0.762. The second kappa shape index (κ2) is 8.82. The molecular weight excluding hydrogens is 228 g/mol. The van der Waals surface area contributed by atoms with Crippen LogP contribution in [0, 0.1) is 11.3 Å². The molecule has 0 N–H and O–H groups in total. The number of allylic oxidation sites excluding steroid dienone is 1. The summed E-state index contributed by atoms with van der Waals surface area (Å²) >= 11 is 0. The molecule has 0 bridgehead atoms. The van der Waals surface area contributed by atoms with Crippen LogP contribution in [0.5, 0.6) is 0 Å². The molecule has 2 aliphatic carbocycles. The molecule has 0 radical (unpaired) electrons. The van der Waals surface area contributed by atoms with Crippen molar-refractivity contribution in [2.24, 2.45) is 11.3 Å². The monoisotopic (exact) mass is 264 g/mol. The van der Waals surface area contributed by atoms with Gasteiger partial charge in [-0.15, -0.1) is 0 Å². The highest BCUT2D eigenvalue weighted by Gasteiger charge is 2.27. The molecule has 0 aromatic heterocycles. The van der Waals surface area contributed by atoms with E-state index in [4.69, 9.17) is 0 Å². The van der Waals surface area contributed by atoms with E-state index in [0.717, 1.165) is 11.3 Å². The first kappa shape index (κ1) is 16.8. The smallest absolute Gasteiger partial charge is 0.0209 e. The summed E-state index contributed by atoms with van der Waals surface area (Å²) in [7, 11) is 0. The molecule has 0 aromatic rings. The van der Waals surface area contributed by atoms with Crippen LogP contribution in [0.1, 0.15) is 97.8 Å². The molecule has 2 aliphatic rings. The van der Waals surface area contributed by atoms with Gasteiger partial charge in [-0.2, -0.15) is 0 Å². The van der Waals surface area contributed by atoms with Gasteiger partial charge >= 0.3 is 0 Å². The summed E-state index contributed by atoms with van der Waals surface area (Å²) in [5, 5.41) is 0. The van der Waals surface area contributed by atoms with Crippen molar-refractivity contribution in [2.75, 3.05) is 0 Å². The zero-order valence-electron chi connectivity index (χ0n) is 13.8. The normalized spacial score (nSPS) is 26.5. The van der Waals surface area contributed by atoms with E-state index in [0.29, 0.717) is 0 Å². The van der Waals surface area contributed by atoms with Gasteiger partial charge in [-0.25, -0.2) is 0 Å². The van der Waals surface area contributed by atoms with Crippen molar-refractivity contribution >= 4 is 0 Å². The number of hydrogen-bond acceptors (Lipinski definition) is 0. The second-order valence-corrected chi connectivity index (χ2v) is 6.78. The molecule has 2 rings (SSSR count). The molecule has 1 unspecified atom stereocenters. The van der Waals surface area contributed by atoms with Crippen LogP contribution in [0.15, 0.2) is 12.2 Å². The standard InChI is InChI=1S/C10H20.C9H16/c1-3-10(4-2)8-6-5-7-9-10;1-3-9-7-5-4-6-8(9)2/h3-9H2,1-2H3;9H,2-7H2,1H3. The van der Waals surface area contributed by atoms with Crippen molar-refractivity contribution in [2.45, 2.75) is 97.8 Å². The van der Waals surface area contributed by atoms with E-state index in [9.17, 15) is 0 Å². The van der Waals surface area contributed by atoms with Gasteiger partial charge in [-0.3, -0.25) is 0 Å². The topological polar surface area (TPSA) is 0 Å². The summed E-state index contributed by atoms with van der Waals surface area (Å²) in [5.41, 5.74) is 2.27. The van der Waals surface area contributed by atoms with Crippen LogP contribution >= 0.6 is 0 Å². The van der Waals surface area contributed by atoms with Gasteiger partial charge in [0.25, 0.3) is 0 Å². The molecule has 0 aliphatic heterocycles. The molecule has 2 saturated carbocycles. The third-order valence-electron chi connectivity index (χ3n) is 5.78. The van der Waals surface area contributed by atoms with Crippen LogP contribution in [-0.2, 0) is 0 Å². The molecule has 0 heterocycles. The maximum atomic E-state index is 4.07. The van der Waals surface area contributed by atoms with E-state index in [1.54, 1.807) is 0 Å². The average molecular weight is 264 g/mol. The first-order chi connectivity index (χ1) is 9.17. The van der Waals surface area contributed by atoms with E-state index in [1.165, 1.54) is 82.6 Å². The zero-order valence-corrected chi connectivity index (χ0v) is 13.8. The first-order valence-corrected chi connectivity index (χ1v) is 8.85. The predicted octanol–water partition coefficient (Wildman–Crippen LogP) is 6.90. The molecular formula is C19H36. The Labute approximate surface area is 122 Å².